The zero-order valence-electron chi connectivity index (χ0n) is 12.2. The predicted octanol–water partition coefficient (Wildman–Crippen LogP) is 5.57. The Morgan fingerprint density at radius 3 is 2.52 bits per heavy atom. The fourth-order valence-corrected chi connectivity index (χ4v) is 4.12. The van der Waals surface area contributed by atoms with Gasteiger partial charge in [0.1, 0.15) is 0 Å². The van der Waals surface area contributed by atoms with Crippen LogP contribution in [0.5, 0.6) is 0 Å². The van der Waals surface area contributed by atoms with Gasteiger partial charge in [-0.05, 0) is 84.0 Å². The van der Waals surface area contributed by atoms with Crippen molar-refractivity contribution in [2.24, 2.45) is 5.92 Å². The normalized spacial score (nSPS) is 12.5. The number of halogens is 2. The Balaban J connectivity index is 1.98. The van der Waals surface area contributed by atoms with E-state index in [1.54, 1.807) is 0 Å². The van der Waals surface area contributed by atoms with Crippen LogP contribution in [0.15, 0.2) is 40.2 Å². The molecule has 0 fully saturated rings. The van der Waals surface area contributed by atoms with Gasteiger partial charge in [-0.25, -0.2) is 0 Å². The minimum Gasteiger partial charge on any atom is -0.316 e. The highest BCUT2D eigenvalue weighted by molar-refractivity contribution is 9.11. The topological polar surface area (TPSA) is 12.0 Å². The van der Waals surface area contributed by atoms with Gasteiger partial charge in [0.25, 0.3) is 0 Å². The largest absolute Gasteiger partial charge is 0.316 e. The van der Waals surface area contributed by atoms with Crippen LogP contribution >= 0.6 is 38.9 Å². The second-order valence-corrected chi connectivity index (χ2v) is 8.29. The molecule has 2 aromatic rings. The number of nitrogens with one attached hydrogen (secondary N) is 1. The van der Waals surface area contributed by atoms with Crippen LogP contribution in [0.2, 0.25) is 5.02 Å². The first-order valence-electron chi connectivity index (χ1n) is 7.36. The molecule has 0 spiro atoms. The maximum atomic E-state index is 5.97. The van der Waals surface area contributed by atoms with Crippen molar-refractivity contribution in [2.75, 3.05) is 13.1 Å². The van der Waals surface area contributed by atoms with Crippen LogP contribution in [0.3, 0.4) is 0 Å². The highest BCUT2D eigenvalue weighted by atomic mass is 79.9. The second-order valence-electron chi connectivity index (χ2n) is 5.31. The quantitative estimate of drug-likeness (QED) is 0.585. The monoisotopic (exact) mass is 385 g/mol. The Bertz CT molecular complexity index is 538. The molecule has 0 amide bonds. The fourth-order valence-electron chi connectivity index (χ4n) is 2.40. The molecule has 1 nitrogen and oxygen atoms in total. The molecule has 1 atom stereocenters. The lowest BCUT2D eigenvalue weighted by molar-refractivity contribution is 0.473. The van der Waals surface area contributed by atoms with Gasteiger partial charge in [-0.2, -0.15) is 0 Å². The van der Waals surface area contributed by atoms with Gasteiger partial charge in [-0.3, -0.25) is 0 Å². The SMILES string of the molecule is CCCNCC(Cc1ccc(Cl)cc1)Cc1ccc(Br)s1. The van der Waals surface area contributed by atoms with E-state index in [0.29, 0.717) is 5.92 Å². The third-order valence-electron chi connectivity index (χ3n) is 3.42. The summed E-state index contributed by atoms with van der Waals surface area (Å²) in [5.74, 6) is 0.614. The summed E-state index contributed by atoms with van der Waals surface area (Å²) in [7, 11) is 0. The van der Waals surface area contributed by atoms with E-state index < -0.39 is 0 Å². The van der Waals surface area contributed by atoms with Gasteiger partial charge in [0.05, 0.1) is 3.79 Å². The first-order valence-corrected chi connectivity index (χ1v) is 9.35. The summed E-state index contributed by atoms with van der Waals surface area (Å²) in [5.41, 5.74) is 1.36. The Labute approximate surface area is 144 Å². The van der Waals surface area contributed by atoms with E-state index in [-0.39, 0.29) is 0 Å². The van der Waals surface area contributed by atoms with Crippen LogP contribution in [0.25, 0.3) is 0 Å². The molecule has 0 saturated carbocycles. The molecular weight excluding hydrogens is 366 g/mol. The van der Waals surface area contributed by atoms with Gasteiger partial charge in [-0.1, -0.05) is 30.7 Å². The summed E-state index contributed by atoms with van der Waals surface area (Å²) in [6, 6.07) is 12.6. The summed E-state index contributed by atoms with van der Waals surface area (Å²) < 4.78 is 1.21. The molecule has 0 aliphatic heterocycles. The predicted molar refractivity (Wildman–Crippen MR) is 97.5 cm³/mol. The summed E-state index contributed by atoms with van der Waals surface area (Å²) >= 11 is 11.4. The van der Waals surface area contributed by atoms with Crippen molar-refractivity contribution in [3.8, 4) is 0 Å². The van der Waals surface area contributed by atoms with Crippen molar-refractivity contribution in [1.82, 2.24) is 5.32 Å². The van der Waals surface area contributed by atoms with Crippen molar-refractivity contribution in [3.63, 3.8) is 0 Å². The molecule has 0 radical (unpaired) electrons. The zero-order valence-corrected chi connectivity index (χ0v) is 15.4. The van der Waals surface area contributed by atoms with E-state index in [4.69, 9.17) is 11.6 Å². The van der Waals surface area contributed by atoms with E-state index in [1.807, 2.05) is 23.5 Å². The molecule has 1 heterocycles. The Morgan fingerprint density at radius 2 is 1.90 bits per heavy atom. The zero-order chi connectivity index (χ0) is 15.1. The van der Waals surface area contributed by atoms with E-state index >= 15 is 0 Å². The number of hydrogen-bond acceptors (Lipinski definition) is 2. The molecule has 21 heavy (non-hydrogen) atoms. The fraction of sp³-hybridized carbons (Fsp3) is 0.412. The molecule has 114 valence electrons. The van der Waals surface area contributed by atoms with Crippen molar-refractivity contribution in [2.45, 2.75) is 26.2 Å². The number of rotatable bonds is 8. The van der Waals surface area contributed by atoms with E-state index in [1.165, 1.54) is 20.6 Å². The summed E-state index contributed by atoms with van der Waals surface area (Å²) in [6.45, 7) is 4.36. The molecule has 1 N–H and O–H groups in total. The Morgan fingerprint density at radius 1 is 1.14 bits per heavy atom. The van der Waals surface area contributed by atoms with E-state index in [9.17, 15) is 0 Å². The average molecular weight is 387 g/mol. The van der Waals surface area contributed by atoms with Crippen LogP contribution in [0.4, 0.5) is 0 Å². The average Bonchev–Trinajstić information content (AvgIpc) is 2.87. The smallest absolute Gasteiger partial charge is 0.0701 e. The number of thiophene rings is 1. The third-order valence-corrected chi connectivity index (χ3v) is 5.31. The lowest BCUT2D eigenvalue weighted by atomic mass is 9.95. The molecule has 1 aromatic heterocycles. The van der Waals surface area contributed by atoms with Gasteiger partial charge in [-0.15, -0.1) is 11.3 Å². The van der Waals surface area contributed by atoms with Crippen LogP contribution in [-0.4, -0.2) is 13.1 Å². The van der Waals surface area contributed by atoms with Crippen LogP contribution in [0.1, 0.15) is 23.8 Å². The van der Waals surface area contributed by atoms with Gasteiger partial charge >= 0.3 is 0 Å². The van der Waals surface area contributed by atoms with Crippen LogP contribution in [-0.2, 0) is 12.8 Å². The summed E-state index contributed by atoms with van der Waals surface area (Å²) in [4.78, 5) is 1.44. The van der Waals surface area contributed by atoms with Gasteiger partial charge < -0.3 is 5.32 Å². The summed E-state index contributed by atoms with van der Waals surface area (Å²) in [5, 5.41) is 4.37. The molecular formula is C17H21BrClNS. The van der Waals surface area contributed by atoms with Crippen molar-refractivity contribution in [1.29, 1.82) is 0 Å². The first-order chi connectivity index (χ1) is 10.2. The highest BCUT2D eigenvalue weighted by Gasteiger charge is 2.12. The summed E-state index contributed by atoms with van der Waals surface area (Å²) in [6.07, 6.45) is 3.39. The van der Waals surface area contributed by atoms with E-state index in [2.05, 4.69) is 52.4 Å². The molecule has 0 bridgehead atoms. The minimum atomic E-state index is 0.614. The maximum absolute atomic E-state index is 5.97. The minimum absolute atomic E-state index is 0.614. The molecule has 4 heteroatoms. The van der Waals surface area contributed by atoms with Crippen LogP contribution < -0.4 is 5.32 Å². The van der Waals surface area contributed by atoms with Crippen molar-refractivity contribution in [3.05, 3.63) is 55.6 Å². The maximum Gasteiger partial charge on any atom is 0.0701 e. The number of hydrogen-bond donors (Lipinski definition) is 1. The standard InChI is InChI=1S/C17H21BrClNS/c1-2-9-20-12-14(11-16-7-8-17(18)21-16)10-13-3-5-15(19)6-4-13/h3-8,14,20H,2,9-12H2,1H3. The molecule has 1 aromatic carbocycles. The molecule has 2 rings (SSSR count). The van der Waals surface area contributed by atoms with Crippen molar-refractivity contribution < 1.29 is 0 Å². The molecule has 0 aliphatic carbocycles. The lowest BCUT2D eigenvalue weighted by Gasteiger charge is -2.17. The van der Waals surface area contributed by atoms with Gasteiger partial charge in [0.2, 0.25) is 0 Å². The molecule has 0 aliphatic rings. The van der Waals surface area contributed by atoms with Crippen LogP contribution in [0, 0.1) is 5.92 Å². The van der Waals surface area contributed by atoms with E-state index in [0.717, 1.165) is 31.0 Å². The third kappa shape index (κ3) is 6.11. The van der Waals surface area contributed by atoms with Crippen molar-refractivity contribution >= 4 is 38.9 Å². The Kier molecular flexibility index (Phi) is 7.24. The highest BCUT2D eigenvalue weighted by Crippen LogP contribution is 2.25. The lowest BCUT2D eigenvalue weighted by Crippen LogP contribution is -2.26. The number of benzene rings is 1. The molecule has 1 unspecified atom stereocenters. The van der Waals surface area contributed by atoms with Gasteiger partial charge in [0, 0.05) is 9.90 Å². The Hall–Kier alpha value is -0.350. The molecule has 0 saturated heterocycles. The van der Waals surface area contributed by atoms with Gasteiger partial charge in [0.15, 0.2) is 0 Å². The second kappa shape index (κ2) is 8.94. The first kappa shape index (κ1) is 17.0.